The minimum absolute atomic E-state index is 0.0155. The van der Waals surface area contributed by atoms with Crippen molar-refractivity contribution >= 4 is 55.1 Å². The second-order valence-corrected chi connectivity index (χ2v) is 10.6. The molecule has 2 heterocycles. The molecule has 0 fully saturated rings. The highest BCUT2D eigenvalue weighted by molar-refractivity contribution is 9.10. The molecule has 0 spiro atoms. The topological polar surface area (TPSA) is 153 Å². The number of hydrogen-bond acceptors (Lipinski definition) is 5. The molecule has 4 rings (SSSR count). The Kier molecular flexibility index (Phi) is 12.4. The van der Waals surface area contributed by atoms with Gasteiger partial charge < -0.3 is 9.77 Å². The maximum absolute atomic E-state index is 13.2. The van der Waals surface area contributed by atoms with Gasteiger partial charge in [0.2, 0.25) is 5.49 Å². The molecule has 2 N–H and O–H groups in total. The standard InChI is InChI=1S/C12H7BrClF2N3O2.C12H8BrClF2N2.HNO3/c13-9-4-5-11(17-19(20)21)18(7-9)10-3-1-2-8(6-10)12(14,15)16;13-9-4-5-11(17)18(7-9)10-3-1-2-8(6-10)12(14,15)16;2-1(3)4/h1-7H;1-7,17H;(H,2,3,4)/b17-11+;;. The summed E-state index contributed by atoms with van der Waals surface area (Å²) < 4.78 is 56.5. The van der Waals surface area contributed by atoms with E-state index in [9.17, 15) is 27.7 Å². The Labute approximate surface area is 265 Å². The SMILES string of the molecule is N=c1ccc(Br)cn1-c1cccc(C(F)(F)Cl)c1.O=[N+]([O-])/N=c1\ccc(Br)cn1-c1cccc(C(F)(F)Cl)c1.O=[N+]([O-])O. The van der Waals surface area contributed by atoms with Crippen LogP contribution in [0.15, 0.2) is 99.2 Å². The average molecular weight is 775 g/mol. The van der Waals surface area contributed by atoms with E-state index in [1.165, 1.54) is 57.8 Å². The van der Waals surface area contributed by atoms with E-state index in [2.05, 4.69) is 37.0 Å². The highest BCUT2D eigenvalue weighted by atomic mass is 79.9. The minimum Gasteiger partial charge on any atom is -0.328 e. The fraction of sp³-hybridized carbons (Fsp3) is 0.0833. The van der Waals surface area contributed by atoms with Crippen molar-refractivity contribution in [2.45, 2.75) is 10.8 Å². The lowest BCUT2D eigenvalue weighted by molar-refractivity contribution is -0.742. The van der Waals surface area contributed by atoms with E-state index < -0.39 is 26.4 Å². The summed E-state index contributed by atoms with van der Waals surface area (Å²) in [4.78, 5) is 18.9. The van der Waals surface area contributed by atoms with Crippen molar-refractivity contribution in [3.8, 4) is 11.4 Å². The van der Waals surface area contributed by atoms with Crippen LogP contribution in [0.4, 0.5) is 17.6 Å². The molecule has 0 aliphatic carbocycles. The summed E-state index contributed by atoms with van der Waals surface area (Å²) in [6, 6.07) is 17.0. The number of hydrogen-bond donors (Lipinski definition) is 2. The van der Waals surface area contributed by atoms with Crippen LogP contribution in [-0.2, 0) is 10.8 Å². The van der Waals surface area contributed by atoms with Gasteiger partial charge in [0.25, 0.3) is 5.09 Å². The van der Waals surface area contributed by atoms with Crippen LogP contribution in [0.2, 0.25) is 0 Å². The highest BCUT2D eigenvalue weighted by Crippen LogP contribution is 2.34. The Morgan fingerprint density at radius 2 is 1.21 bits per heavy atom. The van der Waals surface area contributed by atoms with Crippen molar-refractivity contribution in [1.29, 1.82) is 5.41 Å². The predicted octanol–water partition coefficient (Wildman–Crippen LogP) is 7.28. The fourth-order valence-corrected chi connectivity index (χ4v) is 4.10. The zero-order chi connectivity index (χ0) is 32.5. The first kappa shape index (κ1) is 35.4. The second kappa shape index (κ2) is 15.1. The monoisotopic (exact) mass is 772 g/mol. The number of nitrogens with zero attached hydrogens (tertiary/aromatic N) is 5. The van der Waals surface area contributed by atoms with E-state index >= 15 is 0 Å². The van der Waals surface area contributed by atoms with Crippen LogP contribution >= 0.6 is 55.1 Å². The first-order valence-corrected chi connectivity index (χ1v) is 13.4. The van der Waals surface area contributed by atoms with E-state index in [0.29, 0.717) is 10.2 Å². The van der Waals surface area contributed by atoms with Crippen LogP contribution in [0.1, 0.15) is 11.1 Å². The normalized spacial score (nSPS) is 11.5. The molecule has 0 saturated heterocycles. The number of pyridine rings is 2. The molecule has 0 aliphatic heterocycles. The van der Waals surface area contributed by atoms with Gasteiger partial charge in [0.1, 0.15) is 5.49 Å². The molecule has 2 aromatic heterocycles. The van der Waals surface area contributed by atoms with Crippen LogP contribution in [0, 0.1) is 25.6 Å². The molecule has 228 valence electrons. The van der Waals surface area contributed by atoms with Crippen LogP contribution < -0.4 is 11.0 Å². The molecule has 0 bridgehead atoms. The van der Waals surface area contributed by atoms with E-state index in [1.54, 1.807) is 30.5 Å². The number of alkyl halides is 6. The molecule has 19 heteroatoms. The summed E-state index contributed by atoms with van der Waals surface area (Å²) in [5, 5.41) is 27.3. The Balaban J connectivity index is 0.000000269. The largest absolute Gasteiger partial charge is 0.348 e. The Hall–Kier alpha value is -3.80. The van der Waals surface area contributed by atoms with Crippen molar-refractivity contribution in [2.24, 2.45) is 5.10 Å². The van der Waals surface area contributed by atoms with E-state index in [1.807, 2.05) is 0 Å². The minimum atomic E-state index is -3.52. The van der Waals surface area contributed by atoms with Crippen LogP contribution in [-0.4, -0.2) is 24.5 Å². The molecule has 0 amide bonds. The van der Waals surface area contributed by atoms with Gasteiger partial charge in [-0.05, 0) is 104 Å². The smallest absolute Gasteiger partial charge is 0.328 e. The van der Waals surface area contributed by atoms with Crippen LogP contribution in [0.5, 0.6) is 0 Å². The fourth-order valence-electron chi connectivity index (χ4n) is 3.19. The molecular formula is C24H16Br2Cl2F4N6O5. The van der Waals surface area contributed by atoms with Crippen molar-refractivity contribution in [3.63, 3.8) is 0 Å². The van der Waals surface area contributed by atoms with Crippen molar-refractivity contribution < 1.29 is 32.9 Å². The zero-order valence-electron chi connectivity index (χ0n) is 20.9. The third kappa shape index (κ3) is 11.4. The summed E-state index contributed by atoms with van der Waals surface area (Å²) in [6.45, 7) is 0. The summed E-state index contributed by atoms with van der Waals surface area (Å²) in [7, 11) is 0. The average Bonchev–Trinajstić information content (AvgIpc) is 2.90. The third-order valence-corrected chi connectivity index (χ3v) is 6.27. The zero-order valence-corrected chi connectivity index (χ0v) is 25.6. The number of benzene rings is 2. The lowest BCUT2D eigenvalue weighted by Crippen LogP contribution is -2.20. The van der Waals surface area contributed by atoms with Crippen molar-refractivity contribution in [3.05, 3.63) is 136 Å². The molecule has 0 radical (unpaired) electrons. The van der Waals surface area contributed by atoms with Crippen LogP contribution in [0.25, 0.3) is 11.4 Å². The first-order valence-electron chi connectivity index (χ1n) is 11.1. The Morgan fingerprint density at radius 3 is 1.65 bits per heavy atom. The molecule has 0 atom stereocenters. The number of nitrogens with one attached hydrogen (secondary N) is 1. The number of aromatic nitrogens is 2. The quantitative estimate of drug-likeness (QED) is 0.0945. The van der Waals surface area contributed by atoms with E-state index in [0.717, 1.165) is 10.5 Å². The van der Waals surface area contributed by atoms with Gasteiger partial charge in [-0.1, -0.05) is 24.3 Å². The first-order chi connectivity index (χ1) is 19.9. The van der Waals surface area contributed by atoms with Gasteiger partial charge in [-0.3, -0.25) is 9.98 Å². The molecular weight excluding hydrogens is 759 g/mol. The number of halogens is 8. The Bertz CT molecular complexity index is 1740. The molecule has 4 aromatic rings. The van der Waals surface area contributed by atoms with Gasteiger partial charge in [0, 0.05) is 43.8 Å². The van der Waals surface area contributed by atoms with Gasteiger partial charge in [0.15, 0.2) is 5.03 Å². The van der Waals surface area contributed by atoms with Crippen molar-refractivity contribution in [2.75, 3.05) is 0 Å². The third-order valence-electron chi connectivity index (χ3n) is 4.89. The predicted molar refractivity (Wildman–Crippen MR) is 154 cm³/mol. The summed E-state index contributed by atoms with van der Waals surface area (Å²) in [6.07, 6.45) is 3.11. The van der Waals surface area contributed by atoms with E-state index in [4.69, 9.17) is 43.9 Å². The lowest BCUT2D eigenvalue weighted by atomic mass is 10.2. The highest BCUT2D eigenvalue weighted by Gasteiger charge is 2.28. The molecule has 43 heavy (non-hydrogen) atoms. The number of nitro groups is 1. The van der Waals surface area contributed by atoms with E-state index in [-0.39, 0.29) is 22.2 Å². The number of rotatable bonds is 5. The van der Waals surface area contributed by atoms with Crippen LogP contribution in [0.3, 0.4) is 0 Å². The van der Waals surface area contributed by atoms with Gasteiger partial charge in [-0.15, -0.1) is 10.1 Å². The van der Waals surface area contributed by atoms with Gasteiger partial charge >= 0.3 is 10.8 Å². The van der Waals surface area contributed by atoms with Gasteiger partial charge in [-0.2, -0.15) is 17.6 Å². The molecule has 0 aliphatic rings. The van der Waals surface area contributed by atoms with Crippen molar-refractivity contribution in [1.82, 2.24) is 9.13 Å². The maximum Gasteiger partial charge on any atom is 0.348 e. The van der Waals surface area contributed by atoms with Gasteiger partial charge in [0.05, 0.1) is 5.10 Å². The molecule has 11 nitrogen and oxygen atoms in total. The lowest BCUT2D eigenvalue weighted by Gasteiger charge is -2.12. The molecule has 2 aromatic carbocycles. The second-order valence-electron chi connectivity index (χ2n) is 7.85. The Morgan fingerprint density at radius 1 is 0.791 bits per heavy atom. The summed E-state index contributed by atoms with van der Waals surface area (Å²) in [5.74, 6) is 0. The molecule has 0 unspecified atom stereocenters. The molecule has 0 saturated carbocycles. The summed E-state index contributed by atoms with van der Waals surface area (Å²) in [5.41, 5.74) is 0.190. The maximum atomic E-state index is 13.2. The van der Waals surface area contributed by atoms with Gasteiger partial charge in [-0.25, -0.2) is 10.1 Å². The summed E-state index contributed by atoms with van der Waals surface area (Å²) >= 11 is 16.5.